The Morgan fingerprint density at radius 1 is 1.00 bits per heavy atom. The third kappa shape index (κ3) is 2.45. The van der Waals surface area contributed by atoms with Crippen LogP contribution in [0.4, 0.5) is 0 Å². The van der Waals surface area contributed by atoms with Crippen LogP contribution in [0.15, 0.2) is 59.7 Å². The Morgan fingerprint density at radius 2 is 1.62 bits per heavy atom. The molecule has 0 N–H and O–H groups in total. The molecular weight excluding hydrogens is 202 g/mol. The van der Waals surface area contributed by atoms with Gasteiger partial charge in [-0.25, -0.2) is 0 Å². The van der Waals surface area contributed by atoms with Crippen molar-refractivity contribution in [3.05, 3.63) is 70.6 Å². The number of aromatic nitrogens is 1. The van der Waals surface area contributed by atoms with Crippen LogP contribution in [0.3, 0.4) is 0 Å². The number of pyridine rings is 1. The number of carbonyl (C=O) groups excluding carboxylic acids is 1. The Morgan fingerprint density at radius 3 is 2.25 bits per heavy atom. The van der Waals surface area contributed by atoms with Crippen LogP contribution in [0.25, 0.3) is 0 Å². The van der Waals surface area contributed by atoms with Gasteiger partial charge in [0.05, 0.1) is 6.54 Å². The number of benzene rings is 1. The first kappa shape index (κ1) is 10.4. The van der Waals surface area contributed by atoms with Crippen LogP contribution in [0.5, 0.6) is 0 Å². The van der Waals surface area contributed by atoms with Crippen molar-refractivity contribution in [2.45, 2.75) is 6.54 Å². The fourth-order valence-corrected chi connectivity index (χ4v) is 1.43. The Bertz CT molecular complexity index is 523. The molecular formula is C13H11NO2. The number of rotatable bonds is 3. The van der Waals surface area contributed by atoms with Crippen LogP contribution >= 0.6 is 0 Å². The minimum absolute atomic E-state index is 0.0317. The fraction of sp³-hybridized carbons (Fsp3) is 0.0769. The number of hydrogen-bond acceptors (Lipinski definition) is 2. The second kappa shape index (κ2) is 4.57. The number of carbonyl (C=O) groups is 1. The van der Waals surface area contributed by atoms with Crippen molar-refractivity contribution in [2.24, 2.45) is 0 Å². The van der Waals surface area contributed by atoms with Gasteiger partial charge in [0.2, 0.25) is 0 Å². The highest BCUT2D eigenvalue weighted by Crippen LogP contribution is 2.01. The van der Waals surface area contributed by atoms with Gasteiger partial charge in [-0.05, 0) is 0 Å². The minimum Gasteiger partial charge on any atom is -0.346 e. The zero-order valence-corrected chi connectivity index (χ0v) is 8.67. The van der Waals surface area contributed by atoms with Crippen LogP contribution in [0.1, 0.15) is 10.4 Å². The molecule has 0 saturated carbocycles. The molecule has 2 aromatic rings. The van der Waals surface area contributed by atoms with E-state index >= 15 is 0 Å². The van der Waals surface area contributed by atoms with Gasteiger partial charge in [0, 0.05) is 30.1 Å². The number of hydrogen-bond donors (Lipinski definition) is 0. The predicted octanol–water partition coefficient (Wildman–Crippen LogP) is 1.73. The molecule has 0 spiro atoms. The van der Waals surface area contributed by atoms with Gasteiger partial charge in [-0.3, -0.25) is 9.59 Å². The maximum atomic E-state index is 11.8. The number of ketones is 1. The van der Waals surface area contributed by atoms with E-state index in [0.29, 0.717) is 5.56 Å². The molecule has 0 aliphatic heterocycles. The van der Waals surface area contributed by atoms with Gasteiger partial charge in [-0.1, -0.05) is 30.3 Å². The first-order valence-corrected chi connectivity index (χ1v) is 5.00. The van der Waals surface area contributed by atoms with E-state index in [9.17, 15) is 9.59 Å². The van der Waals surface area contributed by atoms with Gasteiger partial charge in [0.1, 0.15) is 0 Å². The fourth-order valence-electron chi connectivity index (χ4n) is 1.43. The van der Waals surface area contributed by atoms with E-state index in [0.717, 1.165) is 0 Å². The molecule has 0 unspecified atom stereocenters. The third-order valence-corrected chi connectivity index (χ3v) is 2.28. The number of nitrogens with zero attached hydrogens (tertiary/aromatic N) is 1. The summed E-state index contributed by atoms with van der Waals surface area (Å²) in [6.07, 6.45) is 3.23. The molecule has 1 aromatic heterocycles. The molecule has 1 aromatic carbocycles. The zero-order chi connectivity index (χ0) is 11.4. The molecule has 3 nitrogen and oxygen atoms in total. The molecule has 0 saturated heterocycles. The van der Waals surface area contributed by atoms with E-state index in [1.165, 1.54) is 12.1 Å². The number of Topliss-reactive ketones (excluding diaryl/α,β-unsaturated/α-hetero) is 1. The van der Waals surface area contributed by atoms with Crippen LogP contribution in [0.2, 0.25) is 0 Å². The molecule has 1 heterocycles. The van der Waals surface area contributed by atoms with Gasteiger partial charge < -0.3 is 4.57 Å². The molecule has 80 valence electrons. The lowest BCUT2D eigenvalue weighted by atomic mass is 10.1. The van der Waals surface area contributed by atoms with Gasteiger partial charge in [0.15, 0.2) is 11.2 Å². The van der Waals surface area contributed by atoms with Crippen LogP contribution < -0.4 is 5.43 Å². The molecule has 16 heavy (non-hydrogen) atoms. The molecule has 3 heteroatoms. The summed E-state index contributed by atoms with van der Waals surface area (Å²) in [5.41, 5.74) is 0.629. The van der Waals surface area contributed by atoms with Crippen molar-refractivity contribution >= 4 is 5.78 Å². The second-order valence-electron chi connectivity index (χ2n) is 3.50. The predicted molar refractivity (Wildman–Crippen MR) is 61.5 cm³/mol. The molecule has 0 amide bonds. The quantitative estimate of drug-likeness (QED) is 0.728. The van der Waals surface area contributed by atoms with Gasteiger partial charge in [0.25, 0.3) is 0 Å². The van der Waals surface area contributed by atoms with E-state index < -0.39 is 0 Å². The largest absolute Gasteiger partial charge is 0.346 e. The van der Waals surface area contributed by atoms with E-state index in [1.54, 1.807) is 29.1 Å². The Kier molecular flexibility index (Phi) is 2.96. The summed E-state index contributed by atoms with van der Waals surface area (Å²) in [7, 11) is 0. The van der Waals surface area contributed by atoms with E-state index in [4.69, 9.17) is 0 Å². The first-order chi connectivity index (χ1) is 7.75. The zero-order valence-electron chi connectivity index (χ0n) is 8.67. The van der Waals surface area contributed by atoms with Gasteiger partial charge >= 0.3 is 0 Å². The summed E-state index contributed by atoms with van der Waals surface area (Å²) in [5, 5.41) is 0. The summed E-state index contributed by atoms with van der Waals surface area (Å²) in [5.74, 6) is 0.0317. The first-order valence-electron chi connectivity index (χ1n) is 5.00. The van der Waals surface area contributed by atoms with Crippen molar-refractivity contribution in [3.8, 4) is 0 Å². The minimum atomic E-state index is -0.0524. The molecule has 0 atom stereocenters. The monoisotopic (exact) mass is 213 g/mol. The van der Waals surface area contributed by atoms with E-state index in [2.05, 4.69) is 0 Å². The standard InChI is InChI=1S/C13H11NO2/c15-12-6-8-14(9-7-12)10-13(16)11-4-2-1-3-5-11/h1-9H,10H2. The SMILES string of the molecule is O=C(Cn1ccc(=O)cc1)c1ccccc1. The Balaban J connectivity index is 2.14. The lowest BCUT2D eigenvalue weighted by Crippen LogP contribution is -2.11. The molecule has 2 rings (SSSR count). The van der Waals surface area contributed by atoms with E-state index in [1.807, 2.05) is 18.2 Å². The summed E-state index contributed by atoms with van der Waals surface area (Å²) >= 11 is 0. The maximum absolute atomic E-state index is 11.8. The van der Waals surface area contributed by atoms with Crippen molar-refractivity contribution in [1.29, 1.82) is 0 Å². The van der Waals surface area contributed by atoms with Crippen molar-refractivity contribution in [3.63, 3.8) is 0 Å². The van der Waals surface area contributed by atoms with Gasteiger partial charge in [-0.2, -0.15) is 0 Å². The van der Waals surface area contributed by atoms with Crippen LogP contribution in [-0.4, -0.2) is 10.4 Å². The molecule has 0 bridgehead atoms. The third-order valence-electron chi connectivity index (χ3n) is 2.28. The maximum Gasteiger partial charge on any atom is 0.182 e. The topological polar surface area (TPSA) is 39.1 Å². The van der Waals surface area contributed by atoms with Gasteiger partial charge in [-0.15, -0.1) is 0 Å². The highest BCUT2D eigenvalue weighted by atomic mass is 16.1. The summed E-state index contributed by atoms with van der Waals surface area (Å²) in [6, 6.07) is 12.0. The smallest absolute Gasteiger partial charge is 0.182 e. The normalized spacial score (nSPS) is 10.0. The van der Waals surface area contributed by atoms with E-state index in [-0.39, 0.29) is 17.8 Å². The lowest BCUT2D eigenvalue weighted by molar-refractivity contribution is 0.0972. The summed E-state index contributed by atoms with van der Waals surface area (Å²) in [6.45, 7) is 0.254. The average molecular weight is 213 g/mol. The lowest BCUT2D eigenvalue weighted by Gasteiger charge is -2.04. The van der Waals surface area contributed by atoms with Crippen molar-refractivity contribution in [2.75, 3.05) is 0 Å². The van der Waals surface area contributed by atoms with Crippen LogP contribution in [-0.2, 0) is 6.54 Å². The van der Waals surface area contributed by atoms with Crippen LogP contribution in [0, 0.1) is 0 Å². The highest BCUT2D eigenvalue weighted by Gasteiger charge is 2.04. The Labute approximate surface area is 93.0 Å². The summed E-state index contributed by atoms with van der Waals surface area (Å²) < 4.78 is 1.69. The molecule has 0 fully saturated rings. The molecule has 0 aliphatic rings. The second-order valence-corrected chi connectivity index (χ2v) is 3.50. The molecule has 0 radical (unpaired) electrons. The Hall–Kier alpha value is -2.16. The molecule has 0 aliphatic carbocycles. The summed E-state index contributed by atoms with van der Waals surface area (Å²) in [4.78, 5) is 22.7. The van der Waals surface area contributed by atoms with Crippen molar-refractivity contribution in [1.82, 2.24) is 4.57 Å². The average Bonchev–Trinajstić information content (AvgIpc) is 2.33. The van der Waals surface area contributed by atoms with Crippen molar-refractivity contribution < 1.29 is 4.79 Å². The highest BCUT2D eigenvalue weighted by molar-refractivity contribution is 5.95.